The number of aromatic nitrogens is 5. The van der Waals surface area contributed by atoms with Gasteiger partial charge in [-0.3, -0.25) is 14.6 Å². The lowest BCUT2D eigenvalue weighted by molar-refractivity contribution is -0.141. The number of nitrogens with one attached hydrogen (secondary N) is 2. The number of benzene rings is 2. The molecule has 2 N–H and O–H groups in total. The van der Waals surface area contributed by atoms with Crippen molar-refractivity contribution in [1.82, 2.24) is 30.0 Å². The van der Waals surface area contributed by atoms with E-state index in [-0.39, 0.29) is 18.3 Å². The van der Waals surface area contributed by atoms with E-state index in [2.05, 4.69) is 25.5 Å². The van der Waals surface area contributed by atoms with E-state index < -0.39 is 23.8 Å². The molecule has 2 aromatic carbocycles. The SMILES string of the molecule is CN1C(=O)C(NC(=O)c2nnc(Cc3ccccc3)[nH]2)Cn2cc(-c3ccnc(C(F)(F)F)c3)c3cccc1c32. The first kappa shape index (κ1) is 25.3. The van der Waals surface area contributed by atoms with Gasteiger partial charge in [0.15, 0.2) is 0 Å². The second-order valence-electron chi connectivity index (χ2n) is 9.50. The van der Waals surface area contributed by atoms with Crippen LogP contribution in [0.3, 0.4) is 0 Å². The molecule has 1 aliphatic rings. The highest BCUT2D eigenvalue weighted by Crippen LogP contribution is 2.39. The molecule has 40 heavy (non-hydrogen) atoms. The molecule has 0 aliphatic carbocycles. The van der Waals surface area contributed by atoms with Crippen molar-refractivity contribution in [1.29, 1.82) is 0 Å². The quantitative estimate of drug-likeness (QED) is 0.344. The van der Waals surface area contributed by atoms with Crippen molar-refractivity contribution < 1.29 is 22.8 Å². The van der Waals surface area contributed by atoms with E-state index in [4.69, 9.17) is 0 Å². The molecule has 4 heterocycles. The number of hydrogen-bond acceptors (Lipinski definition) is 5. The Morgan fingerprint density at radius 2 is 1.90 bits per heavy atom. The fourth-order valence-corrected chi connectivity index (χ4v) is 4.97. The number of hydrogen-bond donors (Lipinski definition) is 2. The largest absolute Gasteiger partial charge is 0.433 e. The summed E-state index contributed by atoms with van der Waals surface area (Å²) in [5, 5.41) is 11.4. The lowest BCUT2D eigenvalue weighted by Crippen LogP contribution is -2.48. The van der Waals surface area contributed by atoms with Crippen molar-refractivity contribution in [2.75, 3.05) is 11.9 Å². The normalized spacial score (nSPS) is 15.3. The molecule has 0 radical (unpaired) electrons. The number of alkyl halides is 3. The lowest BCUT2D eigenvalue weighted by atomic mass is 10.0. The molecule has 2 amide bonds. The van der Waals surface area contributed by atoms with Crippen LogP contribution in [0.1, 0.15) is 27.7 Å². The highest BCUT2D eigenvalue weighted by molar-refractivity contribution is 6.10. The van der Waals surface area contributed by atoms with Crippen molar-refractivity contribution in [3.63, 3.8) is 0 Å². The number of carbonyl (C=O) groups excluding carboxylic acids is 2. The average Bonchev–Trinajstić information content (AvgIpc) is 3.55. The summed E-state index contributed by atoms with van der Waals surface area (Å²) >= 11 is 0. The van der Waals surface area contributed by atoms with Crippen LogP contribution < -0.4 is 10.2 Å². The Kier molecular flexibility index (Phi) is 6.09. The van der Waals surface area contributed by atoms with Crippen LogP contribution in [0.2, 0.25) is 0 Å². The number of pyridine rings is 1. The van der Waals surface area contributed by atoms with Crippen molar-refractivity contribution in [3.05, 3.63) is 96.0 Å². The number of anilines is 1. The van der Waals surface area contributed by atoms with Crippen molar-refractivity contribution >= 4 is 28.4 Å². The molecule has 12 heteroatoms. The predicted molar refractivity (Wildman–Crippen MR) is 140 cm³/mol. The Labute approximate surface area is 225 Å². The summed E-state index contributed by atoms with van der Waals surface area (Å²) in [4.78, 5) is 34.3. The van der Waals surface area contributed by atoms with E-state index in [1.807, 2.05) is 30.3 Å². The number of para-hydroxylation sites is 1. The second-order valence-corrected chi connectivity index (χ2v) is 9.50. The number of halogens is 3. The van der Waals surface area contributed by atoms with Gasteiger partial charge in [0.05, 0.1) is 17.7 Å². The Balaban J connectivity index is 1.31. The maximum Gasteiger partial charge on any atom is 0.433 e. The molecular weight excluding hydrogens is 523 g/mol. The van der Waals surface area contributed by atoms with Gasteiger partial charge in [-0.2, -0.15) is 13.2 Å². The van der Waals surface area contributed by atoms with Gasteiger partial charge in [0.25, 0.3) is 11.8 Å². The number of rotatable bonds is 5. The predicted octanol–water partition coefficient (Wildman–Crippen LogP) is 4.21. The average molecular weight is 546 g/mol. The van der Waals surface area contributed by atoms with E-state index in [1.54, 1.807) is 36.0 Å². The van der Waals surface area contributed by atoms with Gasteiger partial charge in [-0.05, 0) is 29.3 Å². The molecule has 0 bridgehead atoms. The summed E-state index contributed by atoms with van der Waals surface area (Å²) in [6.07, 6.45) is -1.31. The molecule has 0 spiro atoms. The first-order valence-corrected chi connectivity index (χ1v) is 12.4. The van der Waals surface area contributed by atoms with E-state index in [0.29, 0.717) is 40.0 Å². The summed E-state index contributed by atoms with van der Waals surface area (Å²) in [5.74, 6) is -0.478. The summed E-state index contributed by atoms with van der Waals surface area (Å²) in [7, 11) is 1.60. The van der Waals surface area contributed by atoms with Gasteiger partial charge < -0.3 is 19.8 Å². The van der Waals surface area contributed by atoms with Crippen LogP contribution in [0.25, 0.3) is 22.0 Å². The van der Waals surface area contributed by atoms with E-state index in [0.717, 1.165) is 17.8 Å². The maximum absolute atomic E-state index is 13.4. The highest BCUT2D eigenvalue weighted by atomic mass is 19.4. The Morgan fingerprint density at radius 3 is 2.67 bits per heavy atom. The highest BCUT2D eigenvalue weighted by Gasteiger charge is 2.34. The third-order valence-corrected chi connectivity index (χ3v) is 6.88. The molecule has 6 rings (SSSR count). The summed E-state index contributed by atoms with van der Waals surface area (Å²) in [6, 6.07) is 16.4. The van der Waals surface area contributed by atoms with Gasteiger partial charge in [0.2, 0.25) is 5.82 Å². The molecule has 3 aromatic heterocycles. The Bertz CT molecular complexity index is 1740. The first-order valence-electron chi connectivity index (χ1n) is 12.4. The van der Waals surface area contributed by atoms with E-state index in [9.17, 15) is 22.8 Å². The van der Waals surface area contributed by atoms with Crippen molar-refractivity contribution in [2.45, 2.75) is 25.2 Å². The monoisotopic (exact) mass is 545 g/mol. The zero-order valence-electron chi connectivity index (χ0n) is 21.1. The van der Waals surface area contributed by atoms with Crippen LogP contribution >= 0.6 is 0 Å². The van der Waals surface area contributed by atoms with Crippen LogP contribution in [-0.4, -0.2) is 49.6 Å². The van der Waals surface area contributed by atoms with Crippen LogP contribution in [0, 0.1) is 0 Å². The number of likely N-dealkylation sites (N-methyl/N-ethyl adjacent to an activating group) is 1. The first-order chi connectivity index (χ1) is 19.2. The molecule has 1 unspecified atom stereocenters. The minimum Gasteiger partial charge on any atom is -0.343 e. The molecule has 0 fully saturated rings. The summed E-state index contributed by atoms with van der Waals surface area (Å²) in [5.41, 5.74) is 2.13. The van der Waals surface area contributed by atoms with E-state index >= 15 is 0 Å². The Hall–Kier alpha value is -5.00. The molecular formula is C28H22F3N7O2. The Morgan fingerprint density at radius 1 is 1.10 bits per heavy atom. The molecule has 1 atom stereocenters. The number of amides is 2. The standard InChI is InChI=1S/C28H22F3N7O2/c1-37-21-9-5-8-18-19(17-10-11-32-22(13-17)28(29,30)31)14-38(24(18)21)15-20(27(37)40)33-26(39)25-34-23(35-36-25)12-16-6-3-2-4-7-16/h2-11,13-14,20H,12,15H2,1H3,(H,33,39)(H,34,35,36). The molecule has 202 valence electrons. The van der Waals surface area contributed by atoms with E-state index in [1.165, 1.54) is 11.0 Å². The van der Waals surface area contributed by atoms with Gasteiger partial charge >= 0.3 is 6.18 Å². The van der Waals surface area contributed by atoms with Gasteiger partial charge in [0, 0.05) is 36.8 Å². The van der Waals surface area contributed by atoms with Gasteiger partial charge in [0.1, 0.15) is 17.6 Å². The second kappa shape index (κ2) is 9.63. The van der Waals surface area contributed by atoms with Crippen molar-refractivity contribution in [3.8, 4) is 11.1 Å². The summed E-state index contributed by atoms with van der Waals surface area (Å²) in [6.45, 7) is 0.0602. The topological polar surface area (TPSA) is 109 Å². The van der Waals surface area contributed by atoms with Crippen LogP contribution in [0.15, 0.2) is 73.1 Å². The number of carbonyl (C=O) groups is 2. The molecule has 5 aromatic rings. The van der Waals surface area contributed by atoms with Crippen LogP contribution in [-0.2, 0) is 23.9 Å². The van der Waals surface area contributed by atoms with Crippen molar-refractivity contribution in [2.24, 2.45) is 0 Å². The molecule has 0 saturated carbocycles. The minimum atomic E-state index is -4.59. The third kappa shape index (κ3) is 4.57. The van der Waals surface area contributed by atoms with Gasteiger partial charge in [-0.1, -0.05) is 42.5 Å². The fourth-order valence-electron chi connectivity index (χ4n) is 4.97. The smallest absolute Gasteiger partial charge is 0.343 e. The zero-order chi connectivity index (χ0) is 28.0. The molecule has 9 nitrogen and oxygen atoms in total. The zero-order valence-corrected chi connectivity index (χ0v) is 21.1. The summed E-state index contributed by atoms with van der Waals surface area (Å²) < 4.78 is 41.8. The number of H-pyrrole nitrogens is 1. The number of aromatic amines is 1. The minimum absolute atomic E-state index is 0.0297. The molecule has 1 aliphatic heterocycles. The van der Waals surface area contributed by atoms with Gasteiger partial charge in [-0.15, -0.1) is 10.2 Å². The lowest BCUT2D eigenvalue weighted by Gasteiger charge is -2.21. The van der Waals surface area contributed by atoms with Crippen LogP contribution in [0.4, 0.5) is 18.9 Å². The number of nitrogens with zero attached hydrogens (tertiary/aromatic N) is 5. The van der Waals surface area contributed by atoms with Crippen LogP contribution in [0.5, 0.6) is 0 Å². The van der Waals surface area contributed by atoms with Gasteiger partial charge in [-0.25, -0.2) is 0 Å². The fraction of sp³-hybridized carbons (Fsp3) is 0.179. The molecule has 0 saturated heterocycles. The maximum atomic E-state index is 13.4. The third-order valence-electron chi connectivity index (χ3n) is 6.88.